The molecule has 0 fully saturated rings. The van der Waals surface area contributed by atoms with Gasteiger partial charge < -0.3 is 9.77 Å². The summed E-state index contributed by atoms with van der Waals surface area (Å²) in [4.78, 5) is 33.5. The monoisotopic (exact) mass is 434 g/mol. The number of nitrogens with zero attached hydrogens (tertiary/aromatic N) is 4. The van der Waals surface area contributed by atoms with E-state index in [4.69, 9.17) is 23.2 Å². The SMILES string of the molecule is CCCCCCn1cc(C(=O)C(=O)N=c2c(Cl)cn(O)cc2Cl)c2cccnc21. The zero-order valence-corrected chi connectivity index (χ0v) is 17.3. The van der Waals surface area contributed by atoms with E-state index in [1.165, 1.54) is 0 Å². The average molecular weight is 435 g/mol. The molecule has 0 spiro atoms. The van der Waals surface area contributed by atoms with Crippen molar-refractivity contribution in [3.63, 3.8) is 0 Å². The Morgan fingerprint density at radius 3 is 2.55 bits per heavy atom. The molecule has 0 aliphatic rings. The Balaban J connectivity index is 1.95. The summed E-state index contributed by atoms with van der Waals surface area (Å²) >= 11 is 11.9. The Morgan fingerprint density at radius 1 is 1.14 bits per heavy atom. The van der Waals surface area contributed by atoms with Crippen LogP contribution in [0.5, 0.6) is 0 Å². The van der Waals surface area contributed by atoms with Crippen LogP contribution in [0.1, 0.15) is 43.0 Å². The summed E-state index contributed by atoms with van der Waals surface area (Å²) in [5.41, 5.74) is 0.884. The van der Waals surface area contributed by atoms with Crippen LogP contribution in [0, 0.1) is 0 Å². The van der Waals surface area contributed by atoms with Crippen molar-refractivity contribution in [3.05, 3.63) is 57.9 Å². The lowest BCUT2D eigenvalue weighted by Gasteiger charge is -2.03. The average Bonchev–Trinajstić information content (AvgIpc) is 3.06. The van der Waals surface area contributed by atoms with Crippen molar-refractivity contribution >= 4 is 45.9 Å². The highest BCUT2D eigenvalue weighted by atomic mass is 35.5. The Kier molecular flexibility index (Phi) is 6.71. The van der Waals surface area contributed by atoms with Gasteiger partial charge in [-0.05, 0) is 18.6 Å². The molecule has 0 bridgehead atoms. The highest BCUT2D eigenvalue weighted by molar-refractivity contribution is 6.45. The van der Waals surface area contributed by atoms with Crippen LogP contribution in [0.4, 0.5) is 0 Å². The number of pyridine rings is 2. The molecule has 0 unspecified atom stereocenters. The highest BCUT2D eigenvalue weighted by Gasteiger charge is 2.22. The van der Waals surface area contributed by atoms with Gasteiger partial charge in [0.2, 0.25) is 0 Å². The van der Waals surface area contributed by atoms with Crippen LogP contribution in [0.3, 0.4) is 0 Å². The lowest BCUT2D eigenvalue weighted by Crippen LogP contribution is -2.18. The molecule has 1 amide bonds. The summed E-state index contributed by atoms with van der Waals surface area (Å²) in [6.45, 7) is 2.85. The summed E-state index contributed by atoms with van der Waals surface area (Å²) in [7, 11) is 0. The van der Waals surface area contributed by atoms with Gasteiger partial charge in [-0.2, -0.15) is 4.73 Å². The first-order valence-corrected chi connectivity index (χ1v) is 10.0. The Morgan fingerprint density at radius 2 is 1.86 bits per heavy atom. The second kappa shape index (κ2) is 9.24. The van der Waals surface area contributed by atoms with Crippen LogP contribution in [0.2, 0.25) is 10.0 Å². The Bertz CT molecular complexity index is 1110. The number of amides is 1. The Labute approximate surface area is 177 Å². The molecule has 3 aromatic rings. The summed E-state index contributed by atoms with van der Waals surface area (Å²) in [6, 6.07) is 3.47. The summed E-state index contributed by atoms with van der Waals surface area (Å²) in [6.07, 6.45) is 9.85. The maximum absolute atomic E-state index is 12.8. The number of ketones is 1. The van der Waals surface area contributed by atoms with Gasteiger partial charge in [0.15, 0.2) is 0 Å². The third-order valence-electron chi connectivity index (χ3n) is 4.48. The number of aryl methyl sites for hydroxylation is 1. The van der Waals surface area contributed by atoms with E-state index >= 15 is 0 Å². The first kappa shape index (κ1) is 21.1. The van der Waals surface area contributed by atoms with Crippen molar-refractivity contribution < 1.29 is 14.8 Å². The number of Topliss-reactive ketones (excluding diaryl/α,β-unsaturated/α-hetero) is 1. The van der Waals surface area contributed by atoms with Crippen molar-refractivity contribution in [1.29, 1.82) is 0 Å². The Hall–Kier alpha value is -2.64. The van der Waals surface area contributed by atoms with Crippen molar-refractivity contribution in [2.75, 3.05) is 0 Å². The molecular weight excluding hydrogens is 415 g/mol. The first-order chi connectivity index (χ1) is 13.9. The number of carbonyl (C=O) groups excluding carboxylic acids is 2. The van der Waals surface area contributed by atoms with E-state index in [-0.39, 0.29) is 21.0 Å². The van der Waals surface area contributed by atoms with Gasteiger partial charge in [0.05, 0.1) is 28.0 Å². The number of rotatable bonds is 7. The molecule has 9 heteroatoms. The predicted molar refractivity (Wildman–Crippen MR) is 110 cm³/mol. The second-order valence-electron chi connectivity index (χ2n) is 6.60. The zero-order chi connectivity index (χ0) is 21.0. The third kappa shape index (κ3) is 4.68. The van der Waals surface area contributed by atoms with Crippen LogP contribution in [-0.4, -0.2) is 31.2 Å². The van der Waals surface area contributed by atoms with E-state index in [1.54, 1.807) is 24.5 Å². The quantitative estimate of drug-likeness (QED) is 0.260. The van der Waals surface area contributed by atoms with Gasteiger partial charge in [-0.15, -0.1) is 0 Å². The number of halogens is 2. The summed E-state index contributed by atoms with van der Waals surface area (Å²) in [5, 5.41) is 9.82. The molecule has 29 heavy (non-hydrogen) atoms. The molecule has 7 nitrogen and oxygen atoms in total. The summed E-state index contributed by atoms with van der Waals surface area (Å²) < 4.78 is 2.54. The number of unbranched alkanes of at least 4 members (excludes halogenated alkanes) is 3. The van der Waals surface area contributed by atoms with E-state index in [2.05, 4.69) is 16.9 Å². The van der Waals surface area contributed by atoms with Gasteiger partial charge in [0, 0.05) is 24.3 Å². The fourth-order valence-electron chi connectivity index (χ4n) is 3.06. The van der Waals surface area contributed by atoms with Crippen LogP contribution < -0.4 is 5.36 Å². The van der Waals surface area contributed by atoms with Crippen LogP contribution in [0.15, 0.2) is 41.9 Å². The molecule has 0 atom stereocenters. The van der Waals surface area contributed by atoms with E-state index < -0.39 is 11.7 Å². The zero-order valence-electron chi connectivity index (χ0n) is 15.8. The molecule has 0 aliphatic heterocycles. The largest absolute Gasteiger partial charge is 0.429 e. The molecule has 0 saturated carbocycles. The lowest BCUT2D eigenvalue weighted by molar-refractivity contribution is -0.114. The number of aromatic nitrogens is 3. The third-order valence-corrected chi connectivity index (χ3v) is 5.04. The maximum atomic E-state index is 12.8. The normalized spacial score (nSPS) is 11.0. The van der Waals surface area contributed by atoms with Gasteiger partial charge >= 0.3 is 5.91 Å². The van der Waals surface area contributed by atoms with Crippen LogP contribution in [-0.2, 0) is 11.3 Å². The molecular formula is C20H20Cl2N4O3. The number of carbonyl (C=O) groups is 2. The minimum absolute atomic E-state index is 0.0545. The molecule has 0 radical (unpaired) electrons. The first-order valence-electron chi connectivity index (χ1n) is 9.26. The van der Waals surface area contributed by atoms with Gasteiger partial charge in [0.1, 0.15) is 11.0 Å². The van der Waals surface area contributed by atoms with E-state index in [0.29, 0.717) is 22.3 Å². The van der Waals surface area contributed by atoms with Crippen LogP contribution in [0.25, 0.3) is 11.0 Å². The molecule has 1 N–H and O–H groups in total. The molecule has 0 aromatic carbocycles. The minimum atomic E-state index is -1.00. The molecule has 3 heterocycles. The smallest absolute Gasteiger partial charge is 0.318 e. The second-order valence-corrected chi connectivity index (χ2v) is 7.41. The van der Waals surface area contributed by atoms with E-state index in [9.17, 15) is 14.8 Å². The van der Waals surface area contributed by atoms with Gasteiger partial charge in [-0.3, -0.25) is 9.59 Å². The van der Waals surface area contributed by atoms with Crippen molar-refractivity contribution in [2.24, 2.45) is 4.99 Å². The fraction of sp³-hybridized carbons (Fsp3) is 0.300. The molecule has 3 aromatic heterocycles. The lowest BCUT2D eigenvalue weighted by atomic mass is 10.1. The molecule has 0 aliphatic carbocycles. The van der Waals surface area contributed by atoms with E-state index in [1.807, 2.05) is 4.57 Å². The van der Waals surface area contributed by atoms with E-state index in [0.717, 1.165) is 38.1 Å². The number of hydrogen-bond acceptors (Lipinski definition) is 4. The van der Waals surface area contributed by atoms with Crippen molar-refractivity contribution in [3.8, 4) is 0 Å². The topological polar surface area (TPSA) is 89.5 Å². The number of fused-ring (bicyclic) bond motifs is 1. The van der Waals surface area contributed by atoms with Gasteiger partial charge in [0.25, 0.3) is 5.78 Å². The molecule has 3 rings (SSSR count). The molecule has 152 valence electrons. The number of hydrogen-bond donors (Lipinski definition) is 1. The standard InChI is InChI=1S/C20H20Cl2N4O3/c1-2-3-4-5-9-25-10-14(13-7-6-8-23-19(13)25)18(27)20(28)24-17-15(21)11-26(29)12-16(17)22/h6-8,10-12,29H,2-5,9H2,1H3. The molecule has 0 saturated heterocycles. The van der Waals surface area contributed by atoms with Crippen molar-refractivity contribution in [1.82, 2.24) is 14.3 Å². The fourth-order valence-corrected chi connectivity index (χ4v) is 3.60. The van der Waals surface area contributed by atoms with Gasteiger partial charge in [-0.1, -0.05) is 49.4 Å². The highest BCUT2D eigenvalue weighted by Crippen LogP contribution is 2.21. The van der Waals surface area contributed by atoms with Gasteiger partial charge in [-0.25, -0.2) is 9.98 Å². The van der Waals surface area contributed by atoms with Crippen LogP contribution >= 0.6 is 23.2 Å². The maximum Gasteiger partial charge on any atom is 0.318 e. The predicted octanol–water partition coefficient (Wildman–Crippen LogP) is 4.27. The summed E-state index contributed by atoms with van der Waals surface area (Å²) in [5.74, 6) is -1.78. The minimum Gasteiger partial charge on any atom is -0.429 e. The van der Waals surface area contributed by atoms with Crippen molar-refractivity contribution in [2.45, 2.75) is 39.2 Å².